The monoisotopic (exact) mass is 387 g/mol. The lowest BCUT2D eigenvalue weighted by atomic mass is 10.0. The predicted octanol–water partition coefficient (Wildman–Crippen LogP) is 3.44. The smallest absolute Gasteiger partial charge is 0.273 e. The van der Waals surface area contributed by atoms with Crippen molar-refractivity contribution in [1.82, 2.24) is 25.2 Å². The summed E-state index contributed by atoms with van der Waals surface area (Å²) in [5.74, 6) is -0.100. The number of hydrogen-bond donors (Lipinski definition) is 1. The molecule has 1 aromatic carbocycles. The van der Waals surface area contributed by atoms with E-state index in [1.165, 1.54) is 12.8 Å². The summed E-state index contributed by atoms with van der Waals surface area (Å²) in [5, 5.41) is 12.3. The van der Waals surface area contributed by atoms with Crippen LogP contribution in [0, 0.1) is 0 Å². The van der Waals surface area contributed by atoms with Gasteiger partial charge in [0.05, 0.1) is 12.2 Å². The zero-order chi connectivity index (χ0) is 18.6. The Morgan fingerprint density at radius 3 is 2.81 bits per heavy atom. The zero-order valence-corrected chi connectivity index (χ0v) is 16.2. The number of carbonyl (C=O) groups excluding carboxylic acids is 1. The summed E-state index contributed by atoms with van der Waals surface area (Å²) in [4.78, 5) is 14.8. The lowest BCUT2D eigenvalue weighted by Gasteiger charge is -2.32. The number of benzene rings is 1. The van der Waals surface area contributed by atoms with Gasteiger partial charge in [0.2, 0.25) is 0 Å². The van der Waals surface area contributed by atoms with E-state index in [0.717, 1.165) is 55.9 Å². The Morgan fingerprint density at radius 1 is 1.19 bits per heavy atom. The summed E-state index contributed by atoms with van der Waals surface area (Å²) in [6, 6.07) is 8.52. The summed E-state index contributed by atoms with van der Waals surface area (Å²) in [5.41, 5.74) is 1.57. The van der Waals surface area contributed by atoms with Gasteiger partial charge in [0.1, 0.15) is 0 Å². The lowest BCUT2D eigenvalue weighted by Crippen LogP contribution is -2.36. The molecule has 1 N–H and O–H groups in total. The molecule has 1 aromatic heterocycles. The summed E-state index contributed by atoms with van der Waals surface area (Å²) >= 11 is 6.31. The molecule has 0 radical (unpaired) electrons. The fourth-order valence-corrected chi connectivity index (χ4v) is 4.34. The molecule has 144 valence electrons. The first-order valence-corrected chi connectivity index (χ1v) is 10.3. The minimum Gasteiger partial charge on any atom is -0.348 e. The number of piperidine rings is 1. The molecule has 1 unspecified atom stereocenters. The maximum atomic E-state index is 12.4. The van der Waals surface area contributed by atoms with Crippen LogP contribution in [0.25, 0.3) is 0 Å². The number of rotatable bonds is 5. The second kappa shape index (κ2) is 8.40. The van der Waals surface area contributed by atoms with Crippen molar-refractivity contribution in [3.05, 3.63) is 46.7 Å². The highest BCUT2D eigenvalue weighted by atomic mass is 35.5. The topological polar surface area (TPSA) is 63.1 Å². The zero-order valence-electron chi connectivity index (χ0n) is 15.5. The Bertz CT molecular complexity index is 786. The van der Waals surface area contributed by atoms with E-state index in [4.69, 9.17) is 11.6 Å². The fourth-order valence-electron chi connectivity index (χ4n) is 4.15. The van der Waals surface area contributed by atoms with Crippen LogP contribution >= 0.6 is 11.6 Å². The van der Waals surface area contributed by atoms with E-state index >= 15 is 0 Å². The van der Waals surface area contributed by atoms with Gasteiger partial charge in [0, 0.05) is 24.2 Å². The fraction of sp³-hybridized carbons (Fsp3) is 0.550. The first kappa shape index (κ1) is 18.4. The van der Waals surface area contributed by atoms with Crippen molar-refractivity contribution in [1.29, 1.82) is 0 Å². The molecule has 1 amide bonds. The summed E-state index contributed by atoms with van der Waals surface area (Å²) in [6.07, 6.45) is 8.47. The summed E-state index contributed by atoms with van der Waals surface area (Å²) in [6.45, 7) is 2.77. The molecule has 1 atom stereocenters. The van der Waals surface area contributed by atoms with E-state index in [-0.39, 0.29) is 11.9 Å². The third kappa shape index (κ3) is 4.50. The number of hydrogen-bond acceptors (Lipinski definition) is 4. The van der Waals surface area contributed by atoms with E-state index in [2.05, 4.69) is 26.6 Å². The van der Waals surface area contributed by atoms with Gasteiger partial charge < -0.3 is 5.32 Å². The largest absolute Gasteiger partial charge is 0.348 e. The highest BCUT2D eigenvalue weighted by Gasteiger charge is 2.25. The first-order chi connectivity index (χ1) is 13.2. The van der Waals surface area contributed by atoms with Gasteiger partial charge in [0.15, 0.2) is 5.69 Å². The van der Waals surface area contributed by atoms with Crippen molar-refractivity contribution in [3.8, 4) is 0 Å². The lowest BCUT2D eigenvalue weighted by molar-refractivity contribution is 0.0932. The number of aromatic nitrogens is 3. The molecule has 6 nitrogen and oxygen atoms in total. The Balaban J connectivity index is 1.37. The quantitative estimate of drug-likeness (QED) is 0.853. The van der Waals surface area contributed by atoms with Crippen LogP contribution in [0.5, 0.6) is 0 Å². The standard InChI is InChI=1S/C20H26ClN5O/c21-18-10-4-1-6-15(18)12-25-11-5-9-17(13-25)26-14-19(23-24-26)20(27)22-16-7-2-3-8-16/h1,4,6,10,14,16-17H,2-3,5,7-9,11-13H2,(H,22,27). The molecule has 2 fully saturated rings. The Kier molecular flexibility index (Phi) is 5.74. The number of nitrogens with zero attached hydrogens (tertiary/aromatic N) is 4. The minimum absolute atomic E-state index is 0.100. The Labute approximate surface area is 164 Å². The van der Waals surface area contributed by atoms with Crippen LogP contribution in [0.3, 0.4) is 0 Å². The van der Waals surface area contributed by atoms with Crippen molar-refractivity contribution in [2.45, 2.75) is 57.2 Å². The van der Waals surface area contributed by atoms with Crippen LogP contribution in [-0.4, -0.2) is 44.9 Å². The number of likely N-dealkylation sites (tertiary alicyclic amines) is 1. The number of amides is 1. The van der Waals surface area contributed by atoms with E-state index in [9.17, 15) is 4.79 Å². The average molecular weight is 388 g/mol. The van der Waals surface area contributed by atoms with Crippen LogP contribution in [0.1, 0.15) is 60.6 Å². The third-order valence-corrected chi connectivity index (χ3v) is 6.01. The van der Waals surface area contributed by atoms with Gasteiger partial charge in [0.25, 0.3) is 5.91 Å². The molecular weight excluding hydrogens is 362 g/mol. The van der Waals surface area contributed by atoms with Gasteiger partial charge in [-0.15, -0.1) is 5.10 Å². The molecule has 2 aliphatic rings. The molecule has 27 heavy (non-hydrogen) atoms. The molecule has 2 heterocycles. The normalized spacial score (nSPS) is 21.4. The van der Waals surface area contributed by atoms with Gasteiger partial charge in [-0.1, -0.05) is 47.9 Å². The average Bonchev–Trinajstić information content (AvgIpc) is 3.36. The third-order valence-electron chi connectivity index (χ3n) is 5.64. The van der Waals surface area contributed by atoms with Gasteiger partial charge in [-0.05, 0) is 43.9 Å². The molecule has 1 aliphatic carbocycles. The van der Waals surface area contributed by atoms with Crippen LogP contribution in [0.15, 0.2) is 30.5 Å². The highest BCUT2D eigenvalue weighted by Crippen LogP contribution is 2.24. The van der Waals surface area contributed by atoms with Crippen LogP contribution in [0.2, 0.25) is 5.02 Å². The van der Waals surface area contributed by atoms with Crippen molar-refractivity contribution in [2.24, 2.45) is 0 Å². The molecule has 0 spiro atoms. The molecular formula is C20H26ClN5O. The second-order valence-electron chi connectivity index (χ2n) is 7.66. The van der Waals surface area contributed by atoms with Gasteiger partial charge in [-0.2, -0.15) is 0 Å². The van der Waals surface area contributed by atoms with Crippen LogP contribution < -0.4 is 5.32 Å². The highest BCUT2D eigenvalue weighted by molar-refractivity contribution is 6.31. The molecule has 1 saturated carbocycles. The van der Waals surface area contributed by atoms with Crippen molar-refractivity contribution in [2.75, 3.05) is 13.1 Å². The Morgan fingerprint density at radius 2 is 2.00 bits per heavy atom. The second-order valence-corrected chi connectivity index (χ2v) is 8.07. The number of carbonyl (C=O) groups is 1. The van der Waals surface area contributed by atoms with Crippen molar-refractivity contribution in [3.63, 3.8) is 0 Å². The van der Waals surface area contributed by atoms with Crippen molar-refractivity contribution < 1.29 is 4.79 Å². The SMILES string of the molecule is O=C(NC1CCCC1)c1cn(C2CCCN(Cc3ccccc3Cl)C2)nn1. The van der Waals surface area contributed by atoms with Crippen molar-refractivity contribution >= 4 is 17.5 Å². The first-order valence-electron chi connectivity index (χ1n) is 9.87. The molecule has 4 rings (SSSR count). The van der Waals surface area contributed by atoms with Gasteiger partial charge in [-0.25, -0.2) is 4.68 Å². The molecule has 0 bridgehead atoms. The number of nitrogens with one attached hydrogen (secondary N) is 1. The predicted molar refractivity (Wildman–Crippen MR) is 105 cm³/mol. The van der Waals surface area contributed by atoms with E-state index < -0.39 is 0 Å². The van der Waals surface area contributed by atoms with E-state index in [1.807, 2.05) is 22.9 Å². The van der Waals surface area contributed by atoms with Crippen LogP contribution in [0.4, 0.5) is 0 Å². The molecule has 7 heteroatoms. The van der Waals surface area contributed by atoms with E-state index in [1.54, 1.807) is 6.20 Å². The van der Waals surface area contributed by atoms with E-state index in [0.29, 0.717) is 11.7 Å². The minimum atomic E-state index is -0.100. The maximum absolute atomic E-state index is 12.4. The molecule has 2 aromatic rings. The van der Waals surface area contributed by atoms with Gasteiger partial charge in [-0.3, -0.25) is 9.69 Å². The summed E-state index contributed by atoms with van der Waals surface area (Å²) in [7, 11) is 0. The Hall–Kier alpha value is -1.92. The van der Waals surface area contributed by atoms with Crippen LogP contribution in [-0.2, 0) is 6.54 Å². The molecule has 1 aliphatic heterocycles. The number of halogens is 1. The summed E-state index contributed by atoms with van der Waals surface area (Å²) < 4.78 is 1.86. The molecule has 1 saturated heterocycles. The van der Waals surface area contributed by atoms with Gasteiger partial charge >= 0.3 is 0 Å². The maximum Gasteiger partial charge on any atom is 0.273 e.